The average Bonchev–Trinajstić information content (AvgIpc) is 3.45. The lowest BCUT2D eigenvalue weighted by molar-refractivity contribution is -0.202. The summed E-state index contributed by atoms with van der Waals surface area (Å²) in [5.74, 6) is 0.479. The van der Waals surface area contributed by atoms with Crippen LogP contribution in [-0.4, -0.2) is 24.1 Å². The van der Waals surface area contributed by atoms with Crippen molar-refractivity contribution in [1.29, 1.82) is 0 Å². The third-order valence-electron chi connectivity index (χ3n) is 5.51. The van der Waals surface area contributed by atoms with E-state index in [1.807, 2.05) is 0 Å². The second-order valence-electron chi connectivity index (χ2n) is 8.03. The molecule has 0 saturated heterocycles. The molecule has 0 aliphatic rings. The molecule has 0 atom stereocenters. The number of nitrogens with one attached hydrogen (secondary N) is 1. The first-order valence-corrected chi connectivity index (χ1v) is 11.1. The predicted octanol–water partition coefficient (Wildman–Crippen LogP) is 7.52. The van der Waals surface area contributed by atoms with E-state index in [9.17, 15) is 26.3 Å². The molecule has 38 heavy (non-hydrogen) atoms. The molecular weight excluding hydrogens is 538 g/mol. The number of alkyl halides is 6. The molecule has 196 valence electrons. The van der Waals surface area contributed by atoms with E-state index in [1.54, 1.807) is 29.8 Å². The molecule has 0 amide bonds. The lowest BCUT2D eigenvalue weighted by Crippen LogP contribution is -2.17. The maximum Gasteiger partial charge on any atom is 0.490 e. The van der Waals surface area contributed by atoms with Gasteiger partial charge in [-0.1, -0.05) is 11.6 Å². The molecule has 0 radical (unpaired) electrons. The number of fused-ring (bicyclic) bond motifs is 1. The van der Waals surface area contributed by atoms with Gasteiger partial charge < -0.3 is 14.6 Å². The van der Waals surface area contributed by atoms with Crippen molar-refractivity contribution in [2.24, 2.45) is 7.05 Å². The van der Waals surface area contributed by atoms with Crippen LogP contribution in [0.5, 0.6) is 11.5 Å². The van der Waals surface area contributed by atoms with Crippen LogP contribution in [0.25, 0.3) is 22.6 Å². The van der Waals surface area contributed by atoms with Gasteiger partial charge in [0.1, 0.15) is 17.2 Å². The number of aromatic nitrogens is 5. The van der Waals surface area contributed by atoms with E-state index in [0.29, 0.717) is 22.7 Å². The molecule has 0 unspecified atom stereocenters. The monoisotopic (exact) mass is 552 g/mol. The summed E-state index contributed by atoms with van der Waals surface area (Å²) in [4.78, 5) is 12.2. The molecule has 5 rings (SSSR count). The highest BCUT2D eigenvalue weighted by atomic mass is 35.5. The highest BCUT2D eigenvalue weighted by Crippen LogP contribution is 2.36. The van der Waals surface area contributed by atoms with E-state index in [0.717, 1.165) is 24.5 Å². The fourth-order valence-electron chi connectivity index (χ4n) is 3.70. The van der Waals surface area contributed by atoms with Crippen molar-refractivity contribution in [3.63, 3.8) is 0 Å². The van der Waals surface area contributed by atoms with Crippen LogP contribution >= 0.6 is 11.6 Å². The van der Waals surface area contributed by atoms with Gasteiger partial charge in [0.2, 0.25) is 5.95 Å². The van der Waals surface area contributed by atoms with Crippen LogP contribution in [-0.2, 0) is 19.5 Å². The standard InChI is InChI=1S/C24H15ClF6N6O/c1-36-20-5-3-14(38-15-6-7-32-19(12-15)21-33-8-9-37(21)24(29,30)31)11-18(20)35-22(36)34-17-4-2-13(10-16(17)25)23(26,27)28/h2-12H,1H3,(H,34,35). The van der Waals surface area contributed by atoms with Crippen LogP contribution in [0.2, 0.25) is 5.02 Å². The summed E-state index contributed by atoms with van der Waals surface area (Å²) in [7, 11) is 1.70. The minimum Gasteiger partial charge on any atom is -0.457 e. The van der Waals surface area contributed by atoms with Crippen molar-refractivity contribution in [2.75, 3.05) is 5.32 Å². The van der Waals surface area contributed by atoms with Crippen molar-refractivity contribution in [1.82, 2.24) is 24.1 Å². The van der Waals surface area contributed by atoms with E-state index in [2.05, 4.69) is 20.3 Å². The number of hydrogen-bond acceptors (Lipinski definition) is 5. The van der Waals surface area contributed by atoms with E-state index in [-0.39, 0.29) is 32.5 Å². The summed E-state index contributed by atoms with van der Waals surface area (Å²) < 4.78 is 86.0. The van der Waals surface area contributed by atoms with Crippen molar-refractivity contribution >= 4 is 34.3 Å². The Morgan fingerprint density at radius 2 is 1.66 bits per heavy atom. The number of aryl methyl sites for hydroxylation is 1. The summed E-state index contributed by atoms with van der Waals surface area (Å²) in [6.45, 7) is 0. The van der Waals surface area contributed by atoms with Crippen LogP contribution < -0.4 is 10.1 Å². The fourth-order valence-corrected chi connectivity index (χ4v) is 3.93. The number of nitrogens with zero attached hydrogens (tertiary/aromatic N) is 5. The van der Waals surface area contributed by atoms with Crippen LogP contribution in [0.15, 0.2) is 67.1 Å². The lowest BCUT2D eigenvalue weighted by Gasteiger charge is -2.11. The number of halogens is 7. The Hall–Kier alpha value is -4.26. The molecule has 1 N–H and O–H groups in total. The first-order chi connectivity index (χ1) is 17.9. The first kappa shape index (κ1) is 25.4. The van der Waals surface area contributed by atoms with Gasteiger partial charge in [-0.05, 0) is 36.4 Å². The van der Waals surface area contributed by atoms with Crippen LogP contribution in [0.4, 0.5) is 38.0 Å². The number of rotatable bonds is 5. The van der Waals surface area contributed by atoms with E-state index >= 15 is 0 Å². The molecule has 3 heterocycles. The van der Waals surface area contributed by atoms with Gasteiger partial charge in [0.15, 0.2) is 5.82 Å². The van der Waals surface area contributed by atoms with Crippen molar-refractivity contribution in [3.8, 4) is 23.0 Å². The number of hydrogen-bond donors (Lipinski definition) is 1. The van der Waals surface area contributed by atoms with Crippen molar-refractivity contribution in [3.05, 3.63) is 77.7 Å². The Kier molecular flexibility index (Phi) is 6.18. The zero-order valence-corrected chi connectivity index (χ0v) is 19.9. The number of pyridine rings is 1. The molecular formula is C24H15ClF6N6O. The molecule has 7 nitrogen and oxygen atoms in total. The third kappa shape index (κ3) is 4.96. The minimum atomic E-state index is -4.66. The smallest absolute Gasteiger partial charge is 0.457 e. The Morgan fingerprint density at radius 1 is 0.895 bits per heavy atom. The van der Waals surface area contributed by atoms with E-state index < -0.39 is 18.0 Å². The molecule has 0 aliphatic carbocycles. The van der Waals surface area contributed by atoms with Crippen LogP contribution in [0.1, 0.15) is 5.56 Å². The highest BCUT2D eigenvalue weighted by Gasteiger charge is 2.33. The highest BCUT2D eigenvalue weighted by molar-refractivity contribution is 6.33. The molecule has 0 bridgehead atoms. The molecule has 0 aliphatic heterocycles. The summed E-state index contributed by atoms with van der Waals surface area (Å²) >= 11 is 6.04. The molecule has 14 heteroatoms. The number of benzene rings is 2. The minimum absolute atomic E-state index is 0.0383. The molecule has 2 aromatic carbocycles. The fraction of sp³-hybridized carbons (Fsp3) is 0.125. The number of ether oxygens (including phenoxy) is 1. The summed E-state index contributed by atoms with van der Waals surface area (Å²) in [6, 6.07) is 10.7. The first-order valence-electron chi connectivity index (χ1n) is 10.8. The van der Waals surface area contributed by atoms with Gasteiger partial charge in [0.25, 0.3) is 0 Å². The van der Waals surface area contributed by atoms with Gasteiger partial charge in [-0.15, -0.1) is 13.2 Å². The zero-order chi connectivity index (χ0) is 27.2. The second kappa shape index (κ2) is 9.24. The topological polar surface area (TPSA) is 69.8 Å². The largest absolute Gasteiger partial charge is 0.490 e. The van der Waals surface area contributed by atoms with Gasteiger partial charge in [0, 0.05) is 37.8 Å². The SMILES string of the molecule is Cn1c(Nc2ccc(C(F)(F)F)cc2Cl)nc2cc(Oc3ccnc(-c4nccn4C(F)(F)F)c3)ccc21. The van der Waals surface area contributed by atoms with Gasteiger partial charge in [-0.25, -0.2) is 14.5 Å². The van der Waals surface area contributed by atoms with Gasteiger partial charge in [-0.2, -0.15) is 13.2 Å². The molecule has 0 spiro atoms. The Morgan fingerprint density at radius 3 is 2.37 bits per heavy atom. The van der Waals surface area contributed by atoms with Gasteiger partial charge in [0.05, 0.1) is 27.3 Å². The molecule has 0 saturated carbocycles. The third-order valence-corrected chi connectivity index (χ3v) is 5.82. The average molecular weight is 553 g/mol. The predicted molar refractivity (Wildman–Crippen MR) is 127 cm³/mol. The molecule has 0 fully saturated rings. The molecule has 5 aromatic rings. The van der Waals surface area contributed by atoms with Crippen molar-refractivity contribution < 1.29 is 31.1 Å². The maximum absolute atomic E-state index is 13.2. The van der Waals surface area contributed by atoms with Crippen molar-refractivity contribution in [2.45, 2.75) is 12.5 Å². The number of imidazole rings is 2. The maximum atomic E-state index is 13.2. The van der Waals surface area contributed by atoms with E-state index in [1.165, 1.54) is 24.4 Å². The summed E-state index contributed by atoms with van der Waals surface area (Å²) in [6.07, 6.45) is -6.06. The zero-order valence-electron chi connectivity index (χ0n) is 19.1. The molecule has 3 aromatic heterocycles. The quantitative estimate of drug-likeness (QED) is 0.228. The van der Waals surface area contributed by atoms with Gasteiger partial charge >= 0.3 is 12.5 Å². The van der Waals surface area contributed by atoms with Crippen LogP contribution in [0.3, 0.4) is 0 Å². The Bertz CT molecular complexity index is 1640. The van der Waals surface area contributed by atoms with Crippen LogP contribution in [0, 0.1) is 0 Å². The summed E-state index contributed by atoms with van der Waals surface area (Å²) in [5.41, 5.74) is 0.476. The lowest BCUT2D eigenvalue weighted by atomic mass is 10.2. The Labute approximate surface area is 215 Å². The second-order valence-corrected chi connectivity index (χ2v) is 8.44. The summed E-state index contributed by atoms with van der Waals surface area (Å²) in [5, 5.41) is 2.79. The normalized spacial score (nSPS) is 12.2. The van der Waals surface area contributed by atoms with Gasteiger partial charge in [-0.3, -0.25) is 4.98 Å². The number of anilines is 2. The van der Waals surface area contributed by atoms with E-state index in [4.69, 9.17) is 16.3 Å². The Balaban J connectivity index is 1.40.